The average molecular weight is 181 g/mol. The Balaban J connectivity index is 2.92. The molecule has 0 aliphatic carbocycles. The van der Waals surface area contributed by atoms with Crippen molar-refractivity contribution < 1.29 is 9.94 Å². The van der Waals surface area contributed by atoms with Crippen molar-refractivity contribution in [3.05, 3.63) is 28.8 Å². The molecule has 0 spiro atoms. The summed E-state index contributed by atoms with van der Waals surface area (Å²) in [7, 11) is 1.59. The van der Waals surface area contributed by atoms with Gasteiger partial charge in [0.2, 0.25) is 0 Å². The summed E-state index contributed by atoms with van der Waals surface area (Å²) in [5.41, 5.74) is 6.09. The summed E-state index contributed by atoms with van der Waals surface area (Å²) in [6.07, 6.45) is 0. The van der Waals surface area contributed by atoms with Crippen LogP contribution in [0, 0.1) is 13.8 Å². The first-order chi connectivity index (χ1) is 6.15. The van der Waals surface area contributed by atoms with Gasteiger partial charge in [0, 0.05) is 6.54 Å². The number of rotatable bonds is 3. The highest BCUT2D eigenvalue weighted by atomic mass is 16.6. The summed E-state index contributed by atoms with van der Waals surface area (Å²) in [5, 5.41) is 9.29. The van der Waals surface area contributed by atoms with Crippen LogP contribution in [0.25, 0.3) is 0 Å². The van der Waals surface area contributed by atoms with E-state index in [1.165, 1.54) is 5.56 Å². The summed E-state index contributed by atoms with van der Waals surface area (Å²) in [5.74, 6) is 0.316. The third kappa shape index (κ3) is 2.44. The van der Waals surface area contributed by atoms with Crippen molar-refractivity contribution in [1.82, 2.24) is 5.48 Å². The fraction of sp³-hybridized carbons (Fsp3) is 0.400. The minimum atomic E-state index is 0.316. The van der Waals surface area contributed by atoms with Gasteiger partial charge in [0.15, 0.2) is 0 Å². The van der Waals surface area contributed by atoms with Crippen LogP contribution in [0.15, 0.2) is 12.1 Å². The van der Waals surface area contributed by atoms with E-state index in [2.05, 4.69) is 5.48 Å². The number of benzene rings is 1. The lowest BCUT2D eigenvalue weighted by atomic mass is 10.0. The summed E-state index contributed by atoms with van der Waals surface area (Å²) in [6.45, 7) is 4.60. The van der Waals surface area contributed by atoms with Crippen LogP contribution in [0.5, 0.6) is 5.75 Å². The van der Waals surface area contributed by atoms with Crippen molar-refractivity contribution >= 4 is 0 Å². The first-order valence-electron chi connectivity index (χ1n) is 4.20. The van der Waals surface area contributed by atoms with Crippen LogP contribution in [0.2, 0.25) is 0 Å². The molecule has 3 nitrogen and oxygen atoms in total. The van der Waals surface area contributed by atoms with Gasteiger partial charge in [-0.1, -0.05) is 0 Å². The second kappa shape index (κ2) is 4.25. The number of hydrogen-bond donors (Lipinski definition) is 2. The SMILES string of the molecule is CONCc1c(C)cc(O)cc1C. The van der Waals surface area contributed by atoms with Gasteiger partial charge in [-0.3, -0.25) is 0 Å². The smallest absolute Gasteiger partial charge is 0.116 e. The Morgan fingerprint density at radius 1 is 1.31 bits per heavy atom. The molecule has 1 aromatic rings. The van der Waals surface area contributed by atoms with E-state index in [9.17, 15) is 5.11 Å². The quantitative estimate of drug-likeness (QED) is 0.697. The highest BCUT2D eigenvalue weighted by Gasteiger charge is 2.03. The zero-order valence-electron chi connectivity index (χ0n) is 8.22. The fourth-order valence-electron chi connectivity index (χ4n) is 1.39. The van der Waals surface area contributed by atoms with Gasteiger partial charge in [-0.25, -0.2) is 0 Å². The molecule has 0 unspecified atom stereocenters. The van der Waals surface area contributed by atoms with E-state index in [-0.39, 0.29) is 0 Å². The lowest BCUT2D eigenvalue weighted by molar-refractivity contribution is 0.0864. The molecular weight excluding hydrogens is 166 g/mol. The molecule has 1 aromatic carbocycles. The standard InChI is InChI=1S/C10H15NO2/c1-7-4-9(12)5-8(2)10(7)6-11-13-3/h4-5,11-12H,6H2,1-3H3. The molecule has 13 heavy (non-hydrogen) atoms. The van der Waals surface area contributed by atoms with E-state index < -0.39 is 0 Å². The molecule has 1 rings (SSSR count). The number of hydroxylamine groups is 1. The van der Waals surface area contributed by atoms with E-state index in [1.807, 2.05) is 13.8 Å². The summed E-state index contributed by atoms with van der Waals surface area (Å²) in [4.78, 5) is 4.77. The normalized spacial score (nSPS) is 10.4. The molecule has 0 saturated carbocycles. The van der Waals surface area contributed by atoms with Gasteiger partial charge in [0.05, 0.1) is 7.11 Å². The Morgan fingerprint density at radius 3 is 2.31 bits per heavy atom. The maximum Gasteiger partial charge on any atom is 0.116 e. The minimum Gasteiger partial charge on any atom is -0.508 e. The lowest BCUT2D eigenvalue weighted by Crippen LogP contribution is -2.12. The molecular formula is C10H15NO2. The Labute approximate surface area is 78.3 Å². The molecule has 0 radical (unpaired) electrons. The second-order valence-electron chi connectivity index (χ2n) is 3.08. The van der Waals surface area contributed by atoms with E-state index in [4.69, 9.17) is 4.84 Å². The summed E-state index contributed by atoms with van der Waals surface area (Å²) < 4.78 is 0. The van der Waals surface area contributed by atoms with Gasteiger partial charge < -0.3 is 9.94 Å². The van der Waals surface area contributed by atoms with E-state index in [1.54, 1.807) is 19.2 Å². The molecule has 0 bridgehead atoms. The number of hydrogen-bond acceptors (Lipinski definition) is 3. The summed E-state index contributed by atoms with van der Waals surface area (Å²) >= 11 is 0. The first-order valence-corrected chi connectivity index (χ1v) is 4.20. The van der Waals surface area contributed by atoms with Crippen LogP contribution in [0.4, 0.5) is 0 Å². The van der Waals surface area contributed by atoms with Crippen LogP contribution in [0.1, 0.15) is 16.7 Å². The van der Waals surface area contributed by atoms with Crippen LogP contribution < -0.4 is 5.48 Å². The van der Waals surface area contributed by atoms with Gasteiger partial charge in [0.1, 0.15) is 5.75 Å². The Kier molecular flexibility index (Phi) is 3.28. The van der Waals surface area contributed by atoms with Gasteiger partial charge in [-0.15, -0.1) is 0 Å². The van der Waals surface area contributed by atoms with Crippen molar-refractivity contribution in [1.29, 1.82) is 0 Å². The Bertz CT molecular complexity index is 274. The predicted octanol–water partition coefficient (Wildman–Crippen LogP) is 1.66. The zero-order chi connectivity index (χ0) is 9.84. The number of aromatic hydroxyl groups is 1. The van der Waals surface area contributed by atoms with Gasteiger partial charge >= 0.3 is 0 Å². The molecule has 0 aromatic heterocycles. The van der Waals surface area contributed by atoms with Crippen molar-refractivity contribution in [2.75, 3.05) is 7.11 Å². The molecule has 0 fully saturated rings. The molecule has 0 saturated heterocycles. The maximum atomic E-state index is 9.29. The van der Waals surface area contributed by atoms with Gasteiger partial charge in [-0.05, 0) is 42.7 Å². The number of phenolic OH excluding ortho intramolecular Hbond substituents is 1. The number of nitrogens with one attached hydrogen (secondary N) is 1. The van der Waals surface area contributed by atoms with Gasteiger partial charge in [-0.2, -0.15) is 5.48 Å². The monoisotopic (exact) mass is 181 g/mol. The molecule has 72 valence electrons. The van der Waals surface area contributed by atoms with Crippen LogP contribution in [0.3, 0.4) is 0 Å². The lowest BCUT2D eigenvalue weighted by Gasteiger charge is -2.10. The molecule has 3 heteroatoms. The highest BCUT2D eigenvalue weighted by molar-refractivity contribution is 5.40. The number of phenols is 1. The minimum absolute atomic E-state index is 0.316. The molecule has 2 N–H and O–H groups in total. The Morgan fingerprint density at radius 2 is 1.85 bits per heavy atom. The van der Waals surface area contributed by atoms with Crippen LogP contribution in [-0.2, 0) is 11.4 Å². The van der Waals surface area contributed by atoms with Crippen LogP contribution in [-0.4, -0.2) is 12.2 Å². The molecule has 0 aliphatic heterocycles. The molecule has 0 atom stereocenters. The van der Waals surface area contributed by atoms with Crippen molar-refractivity contribution in [2.24, 2.45) is 0 Å². The molecule has 0 heterocycles. The third-order valence-electron chi connectivity index (χ3n) is 2.07. The van der Waals surface area contributed by atoms with Crippen LogP contribution >= 0.6 is 0 Å². The maximum absolute atomic E-state index is 9.29. The molecule has 0 aliphatic rings. The van der Waals surface area contributed by atoms with E-state index in [0.717, 1.165) is 11.1 Å². The van der Waals surface area contributed by atoms with E-state index >= 15 is 0 Å². The first kappa shape index (κ1) is 10.0. The summed E-state index contributed by atoms with van der Waals surface area (Å²) in [6, 6.07) is 3.50. The second-order valence-corrected chi connectivity index (χ2v) is 3.08. The highest BCUT2D eigenvalue weighted by Crippen LogP contribution is 2.20. The zero-order valence-corrected chi connectivity index (χ0v) is 8.22. The topological polar surface area (TPSA) is 41.5 Å². The largest absolute Gasteiger partial charge is 0.508 e. The average Bonchev–Trinajstić information content (AvgIpc) is 2.02. The van der Waals surface area contributed by atoms with Crippen molar-refractivity contribution in [3.8, 4) is 5.75 Å². The Hall–Kier alpha value is -1.06. The fourth-order valence-corrected chi connectivity index (χ4v) is 1.39. The van der Waals surface area contributed by atoms with E-state index in [0.29, 0.717) is 12.3 Å². The van der Waals surface area contributed by atoms with Crippen molar-refractivity contribution in [3.63, 3.8) is 0 Å². The number of aryl methyl sites for hydroxylation is 2. The van der Waals surface area contributed by atoms with Gasteiger partial charge in [0.25, 0.3) is 0 Å². The molecule has 0 amide bonds. The third-order valence-corrected chi connectivity index (χ3v) is 2.07. The predicted molar refractivity (Wildman–Crippen MR) is 51.4 cm³/mol. The van der Waals surface area contributed by atoms with Crippen molar-refractivity contribution in [2.45, 2.75) is 20.4 Å².